The fraction of sp³-hybridized carbons (Fsp3) is 0.333. The van der Waals surface area contributed by atoms with E-state index in [1.165, 1.54) is 0 Å². The molecule has 0 amide bonds. The van der Waals surface area contributed by atoms with Gasteiger partial charge in [0.05, 0.1) is 0 Å². The number of rotatable bonds is 2. The van der Waals surface area contributed by atoms with Crippen LogP contribution < -0.4 is 9.31 Å². The van der Waals surface area contributed by atoms with Gasteiger partial charge in [0, 0.05) is 0 Å². The molecule has 1 aliphatic heterocycles. The number of allylic oxidation sites excluding steroid dienone is 2. The molecule has 1 heterocycles. The summed E-state index contributed by atoms with van der Waals surface area (Å²) in [7, 11) is -0.246. The molecule has 2 rings (SSSR count). The largest absolute Gasteiger partial charge is 0.627 e. The Labute approximate surface area is 91.0 Å². The van der Waals surface area contributed by atoms with Crippen molar-refractivity contribution in [2.45, 2.75) is 20.8 Å². The highest BCUT2D eigenvalue weighted by Gasteiger charge is 2.33. The predicted molar refractivity (Wildman–Crippen MR) is 62.0 cm³/mol. The summed E-state index contributed by atoms with van der Waals surface area (Å²) in [5.41, 5.74) is 1.13. The highest BCUT2D eigenvalue weighted by Crippen LogP contribution is 2.34. The van der Waals surface area contributed by atoms with E-state index in [-0.39, 0.29) is 7.12 Å². The number of hydrogen-bond donors (Lipinski definition) is 0. The molecule has 0 radical (unpaired) electrons. The SMILES string of the molecule is C/C(=C\C(C)C)B1Oc2ccccc2O1. The first kappa shape index (κ1) is 10.2. The molecule has 1 aliphatic rings. The molecule has 0 aliphatic carbocycles. The average molecular weight is 202 g/mol. The van der Waals surface area contributed by atoms with Crippen LogP contribution in [-0.4, -0.2) is 7.12 Å². The summed E-state index contributed by atoms with van der Waals surface area (Å²) >= 11 is 0. The van der Waals surface area contributed by atoms with Gasteiger partial charge in [-0.1, -0.05) is 32.1 Å². The molecule has 0 bridgehead atoms. The number of hydrogen-bond acceptors (Lipinski definition) is 2. The van der Waals surface area contributed by atoms with Gasteiger partial charge in [-0.15, -0.1) is 0 Å². The van der Waals surface area contributed by atoms with Gasteiger partial charge in [-0.2, -0.15) is 0 Å². The van der Waals surface area contributed by atoms with E-state index in [1.807, 2.05) is 31.2 Å². The predicted octanol–water partition coefficient (Wildman–Crippen LogP) is 3.09. The van der Waals surface area contributed by atoms with Gasteiger partial charge in [0.15, 0.2) is 0 Å². The van der Waals surface area contributed by atoms with Gasteiger partial charge in [0.25, 0.3) is 0 Å². The molecular formula is C12H15BO2. The van der Waals surface area contributed by atoms with Crippen molar-refractivity contribution < 1.29 is 9.31 Å². The second kappa shape index (κ2) is 4.01. The van der Waals surface area contributed by atoms with Crippen LogP contribution in [0.4, 0.5) is 0 Å². The second-order valence-electron chi connectivity index (χ2n) is 4.17. The Kier molecular flexibility index (Phi) is 2.71. The molecule has 15 heavy (non-hydrogen) atoms. The van der Waals surface area contributed by atoms with Crippen molar-refractivity contribution in [1.29, 1.82) is 0 Å². The third-order valence-corrected chi connectivity index (χ3v) is 2.29. The maximum Gasteiger partial charge on any atom is 0.627 e. The molecule has 0 saturated heterocycles. The number of benzene rings is 1. The van der Waals surface area contributed by atoms with Crippen LogP contribution in [0.25, 0.3) is 0 Å². The van der Waals surface area contributed by atoms with Crippen LogP contribution in [-0.2, 0) is 0 Å². The maximum absolute atomic E-state index is 5.68. The zero-order valence-corrected chi connectivity index (χ0v) is 9.36. The molecule has 0 aromatic heterocycles. The number of fused-ring (bicyclic) bond motifs is 1. The van der Waals surface area contributed by atoms with Crippen LogP contribution in [0.1, 0.15) is 20.8 Å². The quantitative estimate of drug-likeness (QED) is 0.686. The summed E-state index contributed by atoms with van der Waals surface area (Å²) in [5.74, 6) is 2.18. The Morgan fingerprint density at radius 1 is 1.20 bits per heavy atom. The summed E-state index contributed by atoms with van der Waals surface area (Å²) in [6.07, 6.45) is 2.16. The molecule has 0 fully saturated rings. The molecule has 3 heteroatoms. The van der Waals surface area contributed by atoms with Gasteiger partial charge >= 0.3 is 7.12 Å². The van der Waals surface area contributed by atoms with Gasteiger partial charge in [0.2, 0.25) is 0 Å². The fourth-order valence-corrected chi connectivity index (χ4v) is 1.69. The standard InChI is InChI=1S/C12H15BO2/c1-9(2)8-10(3)13-14-11-6-4-5-7-12(11)15-13/h4-9H,1-3H3/b10-8+. The third-order valence-electron chi connectivity index (χ3n) is 2.29. The van der Waals surface area contributed by atoms with Gasteiger partial charge in [0.1, 0.15) is 11.5 Å². The summed E-state index contributed by atoms with van der Waals surface area (Å²) in [4.78, 5) is 0. The van der Waals surface area contributed by atoms with E-state index >= 15 is 0 Å². The molecule has 2 nitrogen and oxygen atoms in total. The minimum Gasteiger partial charge on any atom is -0.519 e. The van der Waals surface area contributed by atoms with E-state index in [0.717, 1.165) is 17.0 Å². The van der Waals surface area contributed by atoms with E-state index < -0.39 is 0 Å². The third kappa shape index (κ3) is 2.17. The smallest absolute Gasteiger partial charge is 0.519 e. The van der Waals surface area contributed by atoms with E-state index in [2.05, 4.69) is 19.9 Å². The normalized spacial score (nSPS) is 14.9. The van der Waals surface area contributed by atoms with E-state index in [4.69, 9.17) is 9.31 Å². The molecule has 1 aromatic rings. The fourth-order valence-electron chi connectivity index (χ4n) is 1.69. The lowest BCUT2D eigenvalue weighted by Gasteiger charge is -2.06. The van der Waals surface area contributed by atoms with Crippen LogP contribution >= 0.6 is 0 Å². The Bertz CT molecular complexity index is 360. The molecule has 0 saturated carbocycles. The van der Waals surface area contributed by atoms with Crippen molar-refractivity contribution in [2.24, 2.45) is 5.92 Å². The molecule has 0 atom stereocenters. The minimum absolute atomic E-state index is 0.246. The van der Waals surface area contributed by atoms with E-state index in [9.17, 15) is 0 Å². The van der Waals surface area contributed by atoms with Gasteiger partial charge < -0.3 is 9.31 Å². The van der Waals surface area contributed by atoms with Crippen molar-refractivity contribution in [2.75, 3.05) is 0 Å². The topological polar surface area (TPSA) is 18.5 Å². The van der Waals surface area contributed by atoms with E-state index in [1.54, 1.807) is 0 Å². The van der Waals surface area contributed by atoms with Crippen LogP contribution in [0.3, 0.4) is 0 Å². The first-order chi connectivity index (χ1) is 7.16. The van der Waals surface area contributed by atoms with Crippen molar-refractivity contribution in [1.82, 2.24) is 0 Å². The van der Waals surface area contributed by atoms with Crippen molar-refractivity contribution in [3.05, 3.63) is 35.8 Å². The second-order valence-corrected chi connectivity index (χ2v) is 4.17. The van der Waals surface area contributed by atoms with Crippen LogP contribution in [0, 0.1) is 5.92 Å². The zero-order valence-electron chi connectivity index (χ0n) is 9.36. The first-order valence-corrected chi connectivity index (χ1v) is 5.27. The highest BCUT2D eigenvalue weighted by molar-refractivity contribution is 6.56. The monoisotopic (exact) mass is 202 g/mol. The van der Waals surface area contributed by atoms with Gasteiger partial charge in [-0.05, 0) is 30.4 Å². The zero-order chi connectivity index (χ0) is 10.8. The van der Waals surface area contributed by atoms with Crippen LogP contribution in [0.2, 0.25) is 0 Å². The minimum atomic E-state index is -0.246. The molecule has 0 unspecified atom stereocenters. The first-order valence-electron chi connectivity index (χ1n) is 5.27. The van der Waals surface area contributed by atoms with Crippen LogP contribution in [0.5, 0.6) is 11.5 Å². The number of para-hydroxylation sites is 2. The lowest BCUT2D eigenvalue weighted by molar-refractivity contribution is 0.510. The Balaban J connectivity index is 2.13. The Hall–Kier alpha value is -1.38. The average Bonchev–Trinajstić information content (AvgIpc) is 2.59. The highest BCUT2D eigenvalue weighted by atomic mass is 16.6. The summed E-state index contributed by atoms with van der Waals surface area (Å²) in [6, 6.07) is 7.76. The lowest BCUT2D eigenvalue weighted by atomic mass is 9.78. The molecule has 0 spiro atoms. The summed E-state index contributed by atoms with van der Waals surface area (Å²) < 4.78 is 11.4. The summed E-state index contributed by atoms with van der Waals surface area (Å²) in [6.45, 7) is 6.33. The Morgan fingerprint density at radius 3 is 2.20 bits per heavy atom. The van der Waals surface area contributed by atoms with Gasteiger partial charge in [-0.3, -0.25) is 0 Å². The van der Waals surface area contributed by atoms with Crippen molar-refractivity contribution in [3.63, 3.8) is 0 Å². The maximum atomic E-state index is 5.68. The van der Waals surface area contributed by atoms with Crippen LogP contribution in [0.15, 0.2) is 35.8 Å². The molecule has 78 valence electrons. The Morgan fingerprint density at radius 2 is 1.73 bits per heavy atom. The lowest BCUT2D eigenvalue weighted by Crippen LogP contribution is -2.26. The van der Waals surface area contributed by atoms with Crippen molar-refractivity contribution in [3.8, 4) is 11.5 Å². The van der Waals surface area contributed by atoms with Gasteiger partial charge in [-0.25, -0.2) is 0 Å². The molecular weight excluding hydrogens is 187 g/mol. The van der Waals surface area contributed by atoms with Crippen molar-refractivity contribution >= 4 is 7.12 Å². The summed E-state index contributed by atoms with van der Waals surface area (Å²) in [5, 5.41) is 0. The van der Waals surface area contributed by atoms with E-state index in [0.29, 0.717) is 5.92 Å². The molecule has 1 aromatic carbocycles. The molecule has 0 N–H and O–H groups in total.